The molecule has 0 aliphatic heterocycles. The zero-order chi connectivity index (χ0) is 11.2. The van der Waals surface area contributed by atoms with Gasteiger partial charge in [0.2, 0.25) is 0 Å². The first-order valence-electron chi connectivity index (χ1n) is 5.18. The molecule has 0 radical (unpaired) electrons. The van der Waals surface area contributed by atoms with Crippen molar-refractivity contribution in [2.75, 3.05) is 6.66 Å². The smallest absolute Gasteiger partial charge is 0.287 e. The monoisotopic (exact) mass is 232 g/mol. The molecule has 2 nitrogen and oxygen atoms in total. The summed E-state index contributed by atoms with van der Waals surface area (Å²) >= 11 is 0. The normalized spacial score (nSPS) is 19.1. The van der Waals surface area contributed by atoms with E-state index >= 15 is 0 Å². The largest absolute Gasteiger partial charge is 0.443 e. The SMILES string of the molecule is CP(OC1=C=C=CC=C1)OC1=CC=CCC1. The van der Waals surface area contributed by atoms with Crippen molar-refractivity contribution in [3.63, 3.8) is 0 Å². The van der Waals surface area contributed by atoms with Gasteiger partial charge in [-0.1, -0.05) is 17.9 Å². The van der Waals surface area contributed by atoms with Crippen LogP contribution in [0.3, 0.4) is 0 Å². The third-order valence-corrected chi connectivity index (χ3v) is 3.02. The standard InChI is InChI=1S/C13H13O2P/c1-16(14-12-8-4-2-5-9-12)15-13-10-6-3-7-11-13/h2-4,6,8,10H,5,9H2,1H3. The number of allylic oxidation sites excluding steroid dienone is 7. The molecule has 3 heteroatoms. The van der Waals surface area contributed by atoms with Gasteiger partial charge in [0, 0.05) is 13.1 Å². The molecule has 0 amide bonds. The first-order valence-corrected chi connectivity index (χ1v) is 6.81. The molecule has 0 saturated carbocycles. The summed E-state index contributed by atoms with van der Waals surface area (Å²) < 4.78 is 11.3. The summed E-state index contributed by atoms with van der Waals surface area (Å²) in [6, 6.07) is 0. The van der Waals surface area contributed by atoms with Crippen molar-refractivity contribution in [2.45, 2.75) is 12.8 Å². The predicted octanol–water partition coefficient (Wildman–Crippen LogP) is 3.96. The topological polar surface area (TPSA) is 18.5 Å². The van der Waals surface area contributed by atoms with Crippen molar-refractivity contribution in [3.8, 4) is 0 Å². The fraction of sp³-hybridized carbons (Fsp3) is 0.231. The minimum absolute atomic E-state index is 0.683. The molecule has 16 heavy (non-hydrogen) atoms. The summed E-state index contributed by atoms with van der Waals surface area (Å²) in [5.41, 5.74) is 5.74. The van der Waals surface area contributed by atoms with Crippen LogP contribution in [0, 0.1) is 0 Å². The Morgan fingerprint density at radius 2 is 2.25 bits per heavy atom. The predicted molar refractivity (Wildman–Crippen MR) is 65.7 cm³/mol. The Labute approximate surface area is 96.9 Å². The van der Waals surface area contributed by atoms with Crippen molar-refractivity contribution in [1.82, 2.24) is 0 Å². The lowest BCUT2D eigenvalue weighted by Crippen LogP contribution is -1.92. The van der Waals surface area contributed by atoms with E-state index < -0.39 is 8.38 Å². The van der Waals surface area contributed by atoms with Gasteiger partial charge in [0.05, 0.1) is 0 Å². The van der Waals surface area contributed by atoms with Crippen LogP contribution in [0.1, 0.15) is 12.8 Å². The van der Waals surface area contributed by atoms with E-state index in [1.54, 1.807) is 6.08 Å². The maximum absolute atomic E-state index is 5.71. The van der Waals surface area contributed by atoms with Gasteiger partial charge in [-0.25, -0.2) is 0 Å². The Balaban J connectivity index is 1.89. The second-order valence-corrected chi connectivity index (χ2v) is 4.63. The van der Waals surface area contributed by atoms with Gasteiger partial charge in [-0.2, -0.15) is 0 Å². The molecule has 0 saturated heterocycles. The van der Waals surface area contributed by atoms with Crippen LogP contribution in [-0.4, -0.2) is 6.66 Å². The summed E-state index contributed by atoms with van der Waals surface area (Å²) in [5.74, 6) is 1.68. The number of rotatable bonds is 4. The average Bonchev–Trinajstić information content (AvgIpc) is 2.31. The fourth-order valence-corrected chi connectivity index (χ4v) is 2.27. The van der Waals surface area contributed by atoms with E-state index in [1.807, 2.05) is 31.0 Å². The third-order valence-electron chi connectivity index (χ3n) is 2.07. The molecule has 2 aliphatic rings. The van der Waals surface area contributed by atoms with Crippen molar-refractivity contribution in [2.24, 2.45) is 0 Å². The molecule has 82 valence electrons. The molecule has 1 unspecified atom stereocenters. The van der Waals surface area contributed by atoms with Crippen molar-refractivity contribution in [3.05, 3.63) is 59.4 Å². The van der Waals surface area contributed by atoms with Gasteiger partial charge >= 0.3 is 0 Å². The van der Waals surface area contributed by atoms with E-state index in [1.165, 1.54) is 0 Å². The molecule has 0 aromatic rings. The highest BCUT2D eigenvalue weighted by Gasteiger charge is 2.10. The lowest BCUT2D eigenvalue weighted by atomic mass is 10.2. The highest BCUT2D eigenvalue weighted by atomic mass is 31.2. The van der Waals surface area contributed by atoms with E-state index in [9.17, 15) is 0 Å². The average molecular weight is 232 g/mol. The van der Waals surface area contributed by atoms with Crippen molar-refractivity contribution in [1.29, 1.82) is 0 Å². The molecule has 0 aromatic heterocycles. The van der Waals surface area contributed by atoms with Gasteiger partial charge < -0.3 is 9.05 Å². The lowest BCUT2D eigenvalue weighted by molar-refractivity contribution is 0.357. The lowest BCUT2D eigenvalue weighted by Gasteiger charge is -2.17. The van der Waals surface area contributed by atoms with Crippen LogP contribution in [0.2, 0.25) is 0 Å². The minimum atomic E-state index is -0.933. The van der Waals surface area contributed by atoms with Crippen molar-refractivity contribution < 1.29 is 9.05 Å². The summed E-state index contributed by atoms with van der Waals surface area (Å²) in [5, 5.41) is 0. The molecule has 2 aliphatic carbocycles. The van der Waals surface area contributed by atoms with E-state index in [0.717, 1.165) is 18.6 Å². The van der Waals surface area contributed by atoms with Crippen molar-refractivity contribution >= 4 is 8.38 Å². The van der Waals surface area contributed by atoms with Crippen LogP contribution < -0.4 is 0 Å². The molecular formula is C13H13O2P. The Morgan fingerprint density at radius 1 is 1.31 bits per heavy atom. The van der Waals surface area contributed by atoms with Gasteiger partial charge in [0.1, 0.15) is 5.76 Å². The molecule has 0 spiro atoms. The van der Waals surface area contributed by atoms with Crippen LogP contribution in [0.5, 0.6) is 0 Å². The highest BCUT2D eigenvalue weighted by molar-refractivity contribution is 7.46. The maximum Gasteiger partial charge on any atom is 0.287 e. The Morgan fingerprint density at radius 3 is 2.94 bits per heavy atom. The van der Waals surface area contributed by atoms with E-state index in [2.05, 4.69) is 17.5 Å². The summed E-state index contributed by atoms with van der Waals surface area (Å²) in [7, 11) is -0.933. The molecule has 0 aromatic carbocycles. The van der Waals surface area contributed by atoms with Gasteiger partial charge in [-0.3, -0.25) is 0 Å². The summed E-state index contributed by atoms with van der Waals surface area (Å²) in [6.45, 7) is 1.94. The van der Waals surface area contributed by atoms with E-state index in [4.69, 9.17) is 9.05 Å². The van der Waals surface area contributed by atoms with Crippen LogP contribution >= 0.6 is 8.38 Å². The van der Waals surface area contributed by atoms with Gasteiger partial charge in [-0.15, -0.1) is 0 Å². The van der Waals surface area contributed by atoms with E-state index in [-0.39, 0.29) is 0 Å². The summed E-state index contributed by atoms with van der Waals surface area (Å²) in [6.07, 6.45) is 13.7. The zero-order valence-electron chi connectivity index (χ0n) is 9.14. The molecule has 2 rings (SSSR count). The number of hydrogen-bond donors (Lipinski definition) is 0. The second-order valence-electron chi connectivity index (χ2n) is 3.38. The molecule has 0 fully saturated rings. The second kappa shape index (κ2) is 5.58. The first-order chi connectivity index (χ1) is 7.84. The Bertz CT molecular complexity index is 445. The Kier molecular flexibility index (Phi) is 3.86. The van der Waals surface area contributed by atoms with Gasteiger partial charge in [0.15, 0.2) is 5.76 Å². The zero-order valence-corrected chi connectivity index (χ0v) is 10.0. The van der Waals surface area contributed by atoms with Crippen LogP contribution in [0.15, 0.2) is 59.4 Å². The molecule has 0 bridgehead atoms. The highest BCUT2D eigenvalue weighted by Crippen LogP contribution is 2.40. The fourth-order valence-electron chi connectivity index (χ4n) is 1.37. The number of hydrogen-bond acceptors (Lipinski definition) is 2. The maximum atomic E-state index is 5.71. The molecule has 0 heterocycles. The quantitative estimate of drug-likeness (QED) is 0.539. The third kappa shape index (κ3) is 3.29. The molecule has 0 N–H and O–H groups in total. The summed E-state index contributed by atoms with van der Waals surface area (Å²) in [4.78, 5) is 0. The van der Waals surface area contributed by atoms with E-state index in [0.29, 0.717) is 5.76 Å². The van der Waals surface area contributed by atoms with Crippen LogP contribution in [0.25, 0.3) is 0 Å². The van der Waals surface area contributed by atoms with Crippen LogP contribution in [-0.2, 0) is 9.05 Å². The first kappa shape index (κ1) is 11.0. The molecular weight excluding hydrogens is 219 g/mol. The van der Waals surface area contributed by atoms with Gasteiger partial charge in [-0.05, 0) is 36.5 Å². The minimum Gasteiger partial charge on any atom is -0.443 e. The van der Waals surface area contributed by atoms with Gasteiger partial charge in [0.25, 0.3) is 8.38 Å². The Hall–Kier alpha value is -1.45. The van der Waals surface area contributed by atoms with Crippen LogP contribution in [0.4, 0.5) is 0 Å². The molecule has 1 atom stereocenters.